The first-order valence-corrected chi connectivity index (χ1v) is 22.7. The fraction of sp³-hybridized carbons (Fsp3) is 0.659. The Hall–Kier alpha value is -3.20. The van der Waals surface area contributed by atoms with Crippen LogP contribution >= 0.6 is 7.82 Å². The number of carboxylic acids is 1. The molecule has 7 N–H and O–H groups in total. The Morgan fingerprint density at radius 2 is 1.37 bits per heavy atom. The summed E-state index contributed by atoms with van der Waals surface area (Å²) in [4.78, 5) is 46.1. The Morgan fingerprint density at radius 3 is 2.03 bits per heavy atom. The van der Waals surface area contributed by atoms with Crippen LogP contribution in [0.2, 0.25) is 0 Å². The summed E-state index contributed by atoms with van der Waals surface area (Å²) in [6.45, 7) is 2.27. The number of esters is 2. The number of carbonyl (C=O) groups excluding carboxylic acids is 2. The van der Waals surface area contributed by atoms with Crippen molar-refractivity contribution >= 4 is 25.7 Å². The second kappa shape index (κ2) is 33.5. The summed E-state index contributed by atoms with van der Waals surface area (Å²) in [6, 6.07) is -1.57. The number of ether oxygens (including phenoxy) is 2. The molecule has 59 heavy (non-hydrogen) atoms. The Kier molecular flexibility index (Phi) is 30.6. The number of aliphatic carboxylic acids is 1. The number of aliphatic hydroxyl groups excluding tert-OH is 3. The Labute approximate surface area is 351 Å². The summed E-state index contributed by atoms with van der Waals surface area (Å²) in [6.07, 6.45) is 32.2. The van der Waals surface area contributed by atoms with E-state index in [0.29, 0.717) is 32.1 Å². The molecule has 336 valence electrons. The van der Waals surface area contributed by atoms with E-state index in [1.807, 2.05) is 18.2 Å². The van der Waals surface area contributed by atoms with Crippen molar-refractivity contribution in [2.75, 3.05) is 19.8 Å². The zero-order valence-electron chi connectivity index (χ0n) is 35.1. The van der Waals surface area contributed by atoms with E-state index in [2.05, 4.69) is 67.0 Å². The standard InChI is InChI=1S/C44H72NO13P/c1-3-5-7-8-9-10-11-12-13-14-15-16-17-18-23-27-42(49)55-32-36(33-56-59(53,54)57-34-39(45)44(51)52)58-43(50)28-24-20-19-22-26-37-38(41(48)31-40(37)47)30-29-35(46)25-21-6-4-2/h5,7,9-10,12-13,15-16,19,22,29-30,35-41,46-48H,3-4,6,8,11,14,17-18,20-21,23-28,31-34,45H2,1-2H3,(H,51,52)(H,53,54)/b7-5-,10-9-,13-12-,16-15-,22-19+,30-29+/t35-,36+,37+,38+,39-,40-,41+/m0/s1. The molecule has 15 heteroatoms. The Bertz CT molecular complexity index is 1390. The minimum Gasteiger partial charge on any atom is -0.480 e. The highest BCUT2D eigenvalue weighted by molar-refractivity contribution is 7.47. The smallest absolute Gasteiger partial charge is 0.472 e. The average Bonchev–Trinajstić information content (AvgIpc) is 3.47. The second-order valence-electron chi connectivity index (χ2n) is 14.7. The van der Waals surface area contributed by atoms with Crippen LogP contribution in [0.5, 0.6) is 0 Å². The van der Waals surface area contributed by atoms with Gasteiger partial charge in [-0.2, -0.15) is 0 Å². The number of carboxylic acid groups (broad SMARTS) is 1. The molecule has 0 aliphatic heterocycles. The molecular formula is C44H72NO13P. The molecule has 0 aromatic rings. The maximum Gasteiger partial charge on any atom is 0.472 e. The molecule has 1 aliphatic carbocycles. The molecule has 0 saturated heterocycles. The molecule has 14 nitrogen and oxygen atoms in total. The predicted octanol–water partition coefficient (Wildman–Crippen LogP) is 7.32. The van der Waals surface area contributed by atoms with Crippen LogP contribution < -0.4 is 5.73 Å². The first-order valence-electron chi connectivity index (χ1n) is 21.2. The normalized spacial score (nSPS) is 21.3. The van der Waals surface area contributed by atoms with Crippen LogP contribution in [0.1, 0.15) is 123 Å². The number of allylic oxidation sites excluding steroid dienone is 10. The van der Waals surface area contributed by atoms with Crippen LogP contribution in [0.15, 0.2) is 72.9 Å². The highest BCUT2D eigenvalue weighted by atomic mass is 31.2. The van der Waals surface area contributed by atoms with Gasteiger partial charge in [-0.15, -0.1) is 0 Å². The van der Waals surface area contributed by atoms with Crippen LogP contribution in [0.3, 0.4) is 0 Å². The zero-order valence-corrected chi connectivity index (χ0v) is 36.0. The van der Waals surface area contributed by atoms with Crippen molar-refractivity contribution in [3.8, 4) is 0 Å². The SMILES string of the molecule is CC/C=C\C/C=C\C/C=C\C/C=C\CCCCC(=O)OC[C@H](COP(=O)(O)OC[C@H](N)C(=O)O)OC(=O)CCC/C=C/C[C@@H]1[C@@H](/C=C/[C@@H](O)CCCCC)[C@H](O)C[C@@H]1O. The first-order chi connectivity index (χ1) is 28.3. The largest absolute Gasteiger partial charge is 0.480 e. The third-order valence-electron chi connectivity index (χ3n) is 9.51. The molecular weight excluding hydrogens is 781 g/mol. The fourth-order valence-corrected chi connectivity index (χ4v) is 6.88. The van der Waals surface area contributed by atoms with E-state index in [4.69, 9.17) is 24.8 Å². The number of hydrogen-bond acceptors (Lipinski definition) is 12. The number of hydrogen-bond donors (Lipinski definition) is 6. The van der Waals surface area contributed by atoms with Crippen molar-refractivity contribution in [1.82, 2.24) is 0 Å². The van der Waals surface area contributed by atoms with Gasteiger partial charge in [-0.3, -0.25) is 23.4 Å². The number of phosphoric ester groups is 1. The van der Waals surface area contributed by atoms with Gasteiger partial charge in [-0.1, -0.05) is 106 Å². The molecule has 0 heterocycles. The van der Waals surface area contributed by atoms with Crippen molar-refractivity contribution < 1.29 is 62.8 Å². The maximum absolute atomic E-state index is 12.7. The minimum atomic E-state index is -4.80. The molecule has 8 atom stereocenters. The number of phosphoric acid groups is 1. The van der Waals surface area contributed by atoms with Gasteiger partial charge in [0.1, 0.15) is 12.6 Å². The van der Waals surface area contributed by atoms with E-state index in [1.165, 1.54) is 0 Å². The molecule has 1 rings (SSSR count). The molecule has 0 bridgehead atoms. The van der Waals surface area contributed by atoms with Crippen molar-refractivity contribution in [2.24, 2.45) is 17.6 Å². The van der Waals surface area contributed by atoms with E-state index < -0.39 is 76.0 Å². The summed E-state index contributed by atoms with van der Waals surface area (Å²) >= 11 is 0. The summed E-state index contributed by atoms with van der Waals surface area (Å²) in [5.41, 5.74) is 5.32. The summed E-state index contributed by atoms with van der Waals surface area (Å²) in [5, 5.41) is 40.2. The fourth-order valence-electron chi connectivity index (χ4n) is 6.11. The van der Waals surface area contributed by atoms with Gasteiger partial charge in [0, 0.05) is 25.2 Å². The zero-order chi connectivity index (χ0) is 43.7. The molecule has 1 fully saturated rings. The summed E-state index contributed by atoms with van der Waals surface area (Å²) < 4.78 is 32.6. The summed E-state index contributed by atoms with van der Waals surface area (Å²) in [7, 11) is -4.80. The van der Waals surface area contributed by atoms with E-state index in [9.17, 15) is 39.2 Å². The third-order valence-corrected chi connectivity index (χ3v) is 10.5. The van der Waals surface area contributed by atoms with Crippen molar-refractivity contribution in [1.29, 1.82) is 0 Å². The number of rotatable bonds is 34. The Morgan fingerprint density at radius 1 is 0.763 bits per heavy atom. The lowest BCUT2D eigenvalue weighted by atomic mass is 9.89. The lowest BCUT2D eigenvalue weighted by molar-refractivity contribution is -0.161. The first kappa shape index (κ1) is 53.8. The number of carbonyl (C=O) groups is 3. The molecule has 1 unspecified atom stereocenters. The average molecular weight is 854 g/mol. The molecule has 1 saturated carbocycles. The highest BCUT2D eigenvalue weighted by Gasteiger charge is 2.39. The van der Waals surface area contributed by atoms with E-state index in [-0.39, 0.29) is 31.1 Å². The molecule has 0 aromatic carbocycles. The van der Waals surface area contributed by atoms with Crippen molar-refractivity contribution in [3.05, 3.63) is 72.9 Å². The predicted molar refractivity (Wildman–Crippen MR) is 228 cm³/mol. The van der Waals surface area contributed by atoms with Gasteiger partial charge in [0.05, 0.1) is 31.5 Å². The van der Waals surface area contributed by atoms with E-state index in [1.54, 1.807) is 6.08 Å². The Balaban J connectivity index is 2.57. The quantitative estimate of drug-likeness (QED) is 0.0161. The van der Waals surface area contributed by atoms with Crippen LogP contribution in [-0.2, 0) is 37.5 Å². The van der Waals surface area contributed by atoms with Gasteiger partial charge in [-0.25, -0.2) is 4.57 Å². The molecule has 0 amide bonds. The van der Waals surface area contributed by atoms with Gasteiger partial charge < -0.3 is 40.5 Å². The molecule has 0 radical (unpaired) electrons. The van der Waals surface area contributed by atoms with Crippen LogP contribution in [0.25, 0.3) is 0 Å². The van der Waals surface area contributed by atoms with Gasteiger partial charge in [0.2, 0.25) is 0 Å². The number of aliphatic hydroxyl groups is 3. The second-order valence-corrected chi connectivity index (χ2v) is 16.2. The van der Waals surface area contributed by atoms with Gasteiger partial charge in [0.25, 0.3) is 0 Å². The van der Waals surface area contributed by atoms with Crippen LogP contribution in [0, 0.1) is 11.8 Å². The lowest BCUT2D eigenvalue weighted by Crippen LogP contribution is -2.34. The minimum absolute atomic E-state index is 0.0289. The third kappa shape index (κ3) is 28.1. The van der Waals surface area contributed by atoms with Crippen molar-refractivity contribution in [3.63, 3.8) is 0 Å². The molecule has 0 aromatic heterocycles. The van der Waals surface area contributed by atoms with Gasteiger partial charge in [0.15, 0.2) is 6.10 Å². The maximum atomic E-state index is 12.7. The monoisotopic (exact) mass is 853 g/mol. The van der Waals surface area contributed by atoms with E-state index in [0.717, 1.165) is 57.8 Å². The molecule has 1 aliphatic rings. The van der Waals surface area contributed by atoms with Crippen LogP contribution in [-0.4, -0.2) is 93.5 Å². The van der Waals surface area contributed by atoms with Crippen LogP contribution in [0.4, 0.5) is 0 Å². The number of nitrogens with two attached hydrogens (primary N) is 1. The number of unbranched alkanes of at least 4 members (excludes halogenated alkanes) is 5. The van der Waals surface area contributed by atoms with E-state index >= 15 is 0 Å². The van der Waals surface area contributed by atoms with Crippen molar-refractivity contribution in [2.45, 2.75) is 153 Å². The lowest BCUT2D eigenvalue weighted by Gasteiger charge is -2.20. The van der Waals surface area contributed by atoms with Gasteiger partial charge in [-0.05, 0) is 76.5 Å². The van der Waals surface area contributed by atoms with Gasteiger partial charge >= 0.3 is 25.7 Å². The summed E-state index contributed by atoms with van der Waals surface area (Å²) in [5.74, 6) is -3.16. The molecule has 0 spiro atoms. The highest BCUT2D eigenvalue weighted by Crippen LogP contribution is 2.43. The topological polar surface area (TPSA) is 232 Å².